The molecule has 5 heteroatoms. The molecule has 19 heavy (non-hydrogen) atoms. The Morgan fingerprint density at radius 3 is 2.58 bits per heavy atom. The lowest BCUT2D eigenvalue weighted by molar-refractivity contribution is -0.139. The third-order valence-electron chi connectivity index (χ3n) is 2.73. The fourth-order valence-corrected chi connectivity index (χ4v) is 2.29. The minimum absolute atomic E-state index is 0.139. The van der Waals surface area contributed by atoms with Crippen LogP contribution < -0.4 is 5.32 Å². The van der Waals surface area contributed by atoms with Gasteiger partial charge < -0.3 is 10.1 Å². The standard InChI is InChI=1S/C14H12BrNO3/c1-19-13(17)8-16-14(18)11-6-2-5-10-9(11)4-3-7-12(10)15/h2-7H,8H2,1H3,(H,16,18). The van der Waals surface area contributed by atoms with Crippen LogP contribution in [0.5, 0.6) is 0 Å². The summed E-state index contributed by atoms with van der Waals surface area (Å²) in [5, 5.41) is 4.32. The molecule has 2 aromatic carbocycles. The van der Waals surface area contributed by atoms with Crippen molar-refractivity contribution in [2.75, 3.05) is 13.7 Å². The van der Waals surface area contributed by atoms with Crippen LogP contribution in [0.1, 0.15) is 10.4 Å². The first-order chi connectivity index (χ1) is 9.13. The van der Waals surface area contributed by atoms with Gasteiger partial charge in [-0.3, -0.25) is 9.59 Å². The number of halogens is 1. The first-order valence-electron chi connectivity index (χ1n) is 5.65. The predicted molar refractivity (Wildman–Crippen MR) is 76.0 cm³/mol. The normalized spacial score (nSPS) is 10.2. The monoisotopic (exact) mass is 321 g/mol. The van der Waals surface area contributed by atoms with Crippen molar-refractivity contribution in [1.82, 2.24) is 5.32 Å². The van der Waals surface area contributed by atoms with E-state index in [4.69, 9.17) is 0 Å². The van der Waals surface area contributed by atoms with Crippen LogP contribution in [0, 0.1) is 0 Å². The number of carbonyl (C=O) groups is 2. The van der Waals surface area contributed by atoms with Crippen LogP contribution in [0.3, 0.4) is 0 Å². The largest absolute Gasteiger partial charge is 0.468 e. The molecule has 0 heterocycles. The average Bonchev–Trinajstić information content (AvgIpc) is 2.44. The summed E-state index contributed by atoms with van der Waals surface area (Å²) in [4.78, 5) is 23.1. The van der Waals surface area contributed by atoms with E-state index in [2.05, 4.69) is 26.0 Å². The zero-order valence-electron chi connectivity index (χ0n) is 10.3. The Hall–Kier alpha value is -1.88. The molecule has 0 saturated carbocycles. The van der Waals surface area contributed by atoms with Gasteiger partial charge in [0.2, 0.25) is 0 Å². The highest BCUT2D eigenvalue weighted by atomic mass is 79.9. The molecule has 0 spiro atoms. The minimum atomic E-state index is -0.477. The highest BCUT2D eigenvalue weighted by Gasteiger charge is 2.12. The third kappa shape index (κ3) is 2.93. The van der Waals surface area contributed by atoms with Crippen molar-refractivity contribution < 1.29 is 14.3 Å². The maximum absolute atomic E-state index is 12.1. The molecule has 0 unspecified atom stereocenters. The summed E-state index contributed by atoms with van der Waals surface area (Å²) in [6, 6.07) is 11.1. The number of hydrogen-bond donors (Lipinski definition) is 1. The van der Waals surface area contributed by atoms with Gasteiger partial charge in [0.05, 0.1) is 7.11 Å². The minimum Gasteiger partial charge on any atom is -0.468 e. The van der Waals surface area contributed by atoms with Crippen molar-refractivity contribution in [3.63, 3.8) is 0 Å². The van der Waals surface area contributed by atoms with E-state index in [1.165, 1.54) is 7.11 Å². The van der Waals surface area contributed by atoms with Crippen LogP contribution in [-0.2, 0) is 9.53 Å². The second-order valence-corrected chi connectivity index (χ2v) is 4.75. The molecule has 0 aliphatic carbocycles. The average molecular weight is 322 g/mol. The van der Waals surface area contributed by atoms with Gasteiger partial charge in [0.25, 0.3) is 5.91 Å². The van der Waals surface area contributed by atoms with Crippen molar-refractivity contribution in [1.29, 1.82) is 0 Å². The van der Waals surface area contributed by atoms with E-state index in [1.807, 2.05) is 24.3 Å². The van der Waals surface area contributed by atoms with Gasteiger partial charge in [-0.25, -0.2) is 0 Å². The summed E-state index contributed by atoms with van der Waals surface area (Å²) < 4.78 is 5.41. The lowest BCUT2D eigenvalue weighted by atomic mass is 10.0. The zero-order valence-corrected chi connectivity index (χ0v) is 11.9. The number of rotatable bonds is 3. The molecule has 0 aliphatic rings. The maximum Gasteiger partial charge on any atom is 0.325 e. The summed E-state index contributed by atoms with van der Waals surface area (Å²) in [6.07, 6.45) is 0. The van der Waals surface area contributed by atoms with Crippen molar-refractivity contribution in [2.24, 2.45) is 0 Å². The predicted octanol–water partition coefficient (Wildman–Crippen LogP) is 2.51. The van der Waals surface area contributed by atoms with Gasteiger partial charge in [-0.15, -0.1) is 0 Å². The fourth-order valence-electron chi connectivity index (χ4n) is 1.79. The number of nitrogens with one attached hydrogen (secondary N) is 1. The molecular weight excluding hydrogens is 310 g/mol. The number of esters is 1. The van der Waals surface area contributed by atoms with Gasteiger partial charge in [0.15, 0.2) is 0 Å². The summed E-state index contributed by atoms with van der Waals surface area (Å²) >= 11 is 3.45. The van der Waals surface area contributed by atoms with Crippen LogP contribution >= 0.6 is 15.9 Å². The molecule has 0 bridgehead atoms. The highest BCUT2D eigenvalue weighted by molar-refractivity contribution is 9.10. The highest BCUT2D eigenvalue weighted by Crippen LogP contribution is 2.26. The van der Waals surface area contributed by atoms with Crippen LogP contribution in [0.4, 0.5) is 0 Å². The van der Waals surface area contributed by atoms with Gasteiger partial charge in [-0.2, -0.15) is 0 Å². The van der Waals surface area contributed by atoms with E-state index in [9.17, 15) is 9.59 Å². The van der Waals surface area contributed by atoms with Crippen molar-refractivity contribution >= 4 is 38.6 Å². The molecule has 0 radical (unpaired) electrons. The quantitative estimate of drug-likeness (QED) is 0.884. The van der Waals surface area contributed by atoms with Crippen LogP contribution in [0.2, 0.25) is 0 Å². The van der Waals surface area contributed by atoms with Crippen molar-refractivity contribution in [2.45, 2.75) is 0 Å². The lowest BCUT2D eigenvalue weighted by Crippen LogP contribution is -2.30. The first kappa shape index (κ1) is 13.5. The number of methoxy groups -OCH3 is 1. The molecule has 0 saturated heterocycles. The van der Waals surface area contributed by atoms with Crippen LogP contribution in [-0.4, -0.2) is 25.5 Å². The topological polar surface area (TPSA) is 55.4 Å². The summed E-state index contributed by atoms with van der Waals surface area (Å²) in [7, 11) is 1.28. The van der Waals surface area contributed by atoms with Gasteiger partial charge in [0, 0.05) is 10.0 Å². The Balaban J connectivity index is 2.32. The lowest BCUT2D eigenvalue weighted by Gasteiger charge is -2.08. The number of fused-ring (bicyclic) bond motifs is 1. The Bertz CT molecular complexity index is 640. The van der Waals surface area contributed by atoms with E-state index in [1.54, 1.807) is 12.1 Å². The molecule has 1 N–H and O–H groups in total. The Morgan fingerprint density at radius 1 is 1.16 bits per heavy atom. The first-order valence-corrected chi connectivity index (χ1v) is 6.45. The smallest absolute Gasteiger partial charge is 0.325 e. The van der Waals surface area contributed by atoms with E-state index < -0.39 is 5.97 Å². The second-order valence-electron chi connectivity index (χ2n) is 3.90. The molecule has 0 atom stereocenters. The SMILES string of the molecule is COC(=O)CNC(=O)c1cccc2c(Br)cccc12. The van der Waals surface area contributed by atoms with Gasteiger partial charge in [-0.1, -0.05) is 40.2 Å². The Morgan fingerprint density at radius 2 is 1.84 bits per heavy atom. The molecule has 0 fully saturated rings. The van der Waals surface area contributed by atoms with Gasteiger partial charge in [0.1, 0.15) is 6.54 Å². The zero-order chi connectivity index (χ0) is 13.8. The molecular formula is C14H12BrNO3. The molecule has 0 aliphatic heterocycles. The molecule has 2 rings (SSSR count). The van der Waals surface area contributed by atoms with Crippen molar-refractivity contribution in [3.8, 4) is 0 Å². The summed E-state index contributed by atoms with van der Waals surface area (Å²) in [6.45, 7) is -0.139. The fraction of sp³-hybridized carbons (Fsp3) is 0.143. The van der Waals surface area contributed by atoms with E-state index in [-0.39, 0.29) is 12.5 Å². The Kier molecular flexibility index (Phi) is 4.16. The van der Waals surface area contributed by atoms with Crippen LogP contribution in [0.25, 0.3) is 10.8 Å². The van der Waals surface area contributed by atoms with Crippen molar-refractivity contribution in [3.05, 3.63) is 46.4 Å². The number of amides is 1. The molecule has 98 valence electrons. The molecule has 4 nitrogen and oxygen atoms in total. The summed E-state index contributed by atoms with van der Waals surface area (Å²) in [5.41, 5.74) is 0.530. The number of hydrogen-bond acceptors (Lipinski definition) is 3. The number of benzene rings is 2. The molecule has 2 aromatic rings. The van der Waals surface area contributed by atoms with E-state index >= 15 is 0 Å². The number of carbonyl (C=O) groups excluding carboxylic acids is 2. The van der Waals surface area contributed by atoms with Gasteiger partial charge in [-0.05, 0) is 22.9 Å². The summed E-state index contributed by atoms with van der Waals surface area (Å²) in [5.74, 6) is -0.774. The third-order valence-corrected chi connectivity index (χ3v) is 3.43. The second kappa shape index (κ2) is 5.84. The van der Waals surface area contributed by atoms with E-state index in [0.29, 0.717) is 5.56 Å². The molecule has 0 aromatic heterocycles. The Labute approximate surface area is 118 Å². The van der Waals surface area contributed by atoms with E-state index in [0.717, 1.165) is 15.2 Å². The maximum atomic E-state index is 12.1. The van der Waals surface area contributed by atoms with Gasteiger partial charge >= 0.3 is 5.97 Å². The molecule has 1 amide bonds. The number of ether oxygens (including phenoxy) is 1. The van der Waals surface area contributed by atoms with Crippen LogP contribution in [0.15, 0.2) is 40.9 Å².